The maximum atomic E-state index is 11.6. The topological polar surface area (TPSA) is 81.4 Å². The van der Waals surface area contributed by atoms with Crippen molar-refractivity contribution in [2.45, 2.75) is 32.9 Å². The van der Waals surface area contributed by atoms with E-state index in [-0.39, 0.29) is 12.5 Å². The second kappa shape index (κ2) is 7.41. The minimum Gasteiger partial charge on any atom is -0.445 e. The Kier molecular flexibility index (Phi) is 5.85. The van der Waals surface area contributed by atoms with Crippen molar-refractivity contribution in [1.29, 1.82) is 0 Å². The smallest absolute Gasteiger partial charge is 0.408 e. The summed E-state index contributed by atoms with van der Waals surface area (Å²) in [5.74, 6) is -0.294. The summed E-state index contributed by atoms with van der Waals surface area (Å²) >= 11 is 0. The van der Waals surface area contributed by atoms with Gasteiger partial charge in [-0.15, -0.1) is 0 Å². The van der Waals surface area contributed by atoms with Gasteiger partial charge in [-0.2, -0.15) is 0 Å². The van der Waals surface area contributed by atoms with Crippen LogP contribution in [0.25, 0.3) is 0 Å². The van der Waals surface area contributed by atoms with Gasteiger partial charge in [-0.25, -0.2) is 4.79 Å². The summed E-state index contributed by atoms with van der Waals surface area (Å²) in [6.45, 7) is 4.07. The molecule has 1 atom stereocenters. The quantitative estimate of drug-likeness (QED) is 0.822. The van der Waals surface area contributed by atoms with E-state index < -0.39 is 18.0 Å². The molecule has 0 aliphatic carbocycles. The van der Waals surface area contributed by atoms with Gasteiger partial charge in [-0.3, -0.25) is 4.79 Å². The number of primary amides is 1. The predicted molar refractivity (Wildman–Crippen MR) is 72.2 cm³/mol. The van der Waals surface area contributed by atoms with Crippen LogP contribution < -0.4 is 11.1 Å². The molecule has 0 aliphatic heterocycles. The summed E-state index contributed by atoms with van der Waals surface area (Å²) in [5, 5.41) is 2.48. The standard InChI is InChI=1S/C14H20N2O3/c1-10(2)8-12(13(15)17)16-14(18)19-9-11-6-4-3-5-7-11/h3-7,10,12H,8-9H2,1-2H3,(H2,15,17)(H,16,18)/t12-/m1/s1. The van der Waals surface area contributed by atoms with Crippen LogP contribution in [0.4, 0.5) is 4.79 Å². The molecule has 0 saturated heterocycles. The van der Waals surface area contributed by atoms with Crippen LogP contribution in [0.2, 0.25) is 0 Å². The van der Waals surface area contributed by atoms with Crippen LogP contribution in [-0.4, -0.2) is 18.0 Å². The van der Waals surface area contributed by atoms with Crippen molar-refractivity contribution in [1.82, 2.24) is 5.32 Å². The highest BCUT2D eigenvalue weighted by molar-refractivity contribution is 5.84. The molecule has 1 rings (SSSR count). The Morgan fingerprint density at radius 3 is 2.42 bits per heavy atom. The van der Waals surface area contributed by atoms with Gasteiger partial charge in [0.05, 0.1) is 0 Å². The lowest BCUT2D eigenvalue weighted by atomic mass is 10.0. The van der Waals surface area contributed by atoms with Gasteiger partial charge >= 0.3 is 6.09 Å². The Labute approximate surface area is 113 Å². The van der Waals surface area contributed by atoms with Gasteiger partial charge in [-0.1, -0.05) is 44.2 Å². The Balaban J connectivity index is 2.42. The second-order valence-electron chi connectivity index (χ2n) is 4.79. The highest BCUT2D eigenvalue weighted by atomic mass is 16.5. The van der Waals surface area contributed by atoms with Crippen molar-refractivity contribution in [2.75, 3.05) is 0 Å². The molecule has 0 saturated carbocycles. The Morgan fingerprint density at radius 2 is 1.89 bits per heavy atom. The number of nitrogens with one attached hydrogen (secondary N) is 1. The predicted octanol–water partition coefficient (Wildman–Crippen LogP) is 1.81. The van der Waals surface area contributed by atoms with Crippen LogP contribution >= 0.6 is 0 Å². The Bertz CT molecular complexity index is 418. The number of carbonyl (C=O) groups excluding carboxylic acids is 2. The van der Waals surface area contributed by atoms with Crippen molar-refractivity contribution in [2.24, 2.45) is 11.7 Å². The molecule has 0 bridgehead atoms. The molecule has 1 aromatic carbocycles. The summed E-state index contributed by atoms with van der Waals surface area (Å²) in [7, 11) is 0. The fraction of sp³-hybridized carbons (Fsp3) is 0.429. The third-order valence-electron chi connectivity index (χ3n) is 2.56. The zero-order valence-electron chi connectivity index (χ0n) is 11.3. The van der Waals surface area contributed by atoms with Gasteiger partial charge in [0.25, 0.3) is 0 Å². The first-order chi connectivity index (χ1) is 8.99. The van der Waals surface area contributed by atoms with Crippen LogP contribution in [0.5, 0.6) is 0 Å². The van der Waals surface area contributed by atoms with Gasteiger partial charge in [0.2, 0.25) is 5.91 Å². The SMILES string of the molecule is CC(C)C[C@@H](NC(=O)OCc1ccccc1)C(N)=O. The molecule has 0 spiro atoms. The fourth-order valence-corrected chi connectivity index (χ4v) is 1.62. The van der Waals surface area contributed by atoms with Gasteiger partial charge in [-0.05, 0) is 17.9 Å². The van der Waals surface area contributed by atoms with E-state index in [1.807, 2.05) is 44.2 Å². The molecule has 19 heavy (non-hydrogen) atoms. The van der Waals surface area contributed by atoms with E-state index >= 15 is 0 Å². The first-order valence-corrected chi connectivity index (χ1v) is 6.25. The number of nitrogens with two attached hydrogens (primary N) is 1. The number of ether oxygens (including phenoxy) is 1. The Hall–Kier alpha value is -2.04. The molecule has 0 unspecified atom stereocenters. The number of carbonyl (C=O) groups is 2. The molecule has 0 aliphatic rings. The van der Waals surface area contributed by atoms with Crippen molar-refractivity contribution in [3.63, 3.8) is 0 Å². The lowest BCUT2D eigenvalue weighted by Crippen LogP contribution is -2.45. The third-order valence-corrected chi connectivity index (χ3v) is 2.56. The molecule has 0 aromatic heterocycles. The number of amides is 2. The summed E-state index contributed by atoms with van der Waals surface area (Å²) < 4.78 is 5.03. The van der Waals surface area contributed by atoms with Crippen molar-refractivity contribution >= 4 is 12.0 Å². The summed E-state index contributed by atoms with van der Waals surface area (Å²) in [4.78, 5) is 22.8. The normalized spacial score (nSPS) is 11.9. The minimum absolute atomic E-state index is 0.167. The monoisotopic (exact) mass is 264 g/mol. The van der Waals surface area contributed by atoms with Crippen LogP contribution in [0.15, 0.2) is 30.3 Å². The Morgan fingerprint density at radius 1 is 1.26 bits per heavy atom. The zero-order chi connectivity index (χ0) is 14.3. The maximum Gasteiger partial charge on any atom is 0.408 e. The number of rotatable bonds is 6. The minimum atomic E-state index is -0.691. The molecule has 0 fully saturated rings. The largest absolute Gasteiger partial charge is 0.445 e. The van der Waals surface area contributed by atoms with E-state index in [0.717, 1.165) is 5.56 Å². The molecular formula is C14H20N2O3. The zero-order valence-corrected chi connectivity index (χ0v) is 11.3. The van der Waals surface area contributed by atoms with Crippen molar-refractivity contribution < 1.29 is 14.3 Å². The average molecular weight is 264 g/mol. The van der Waals surface area contributed by atoms with Gasteiger partial charge in [0, 0.05) is 0 Å². The molecule has 0 radical (unpaired) electrons. The lowest BCUT2D eigenvalue weighted by Gasteiger charge is -2.17. The van der Waals surface area contributed by atoms with E-state index in [0.29, 0.717) is 6.42 Å². The molecular weight excluding hydrogens is 244 g/mol. The van der Waals surface area contributed by atoms with Crippen LogP contribution in [-0.2, 0) is 16.1 Å². The van der Waals surface area contributed by atoms with E-state index in [1.54, 1.807) is 0 Å². The average Bonchev–Trinajstić information content (AvgIpc) is 2.36. The first-order valence-electron chi connectivity index (χ1n) is 6.25. The lowest BCUT2D eigenvalue weighted by molar-refractivity contribution is -0.120. The molecule has 2 amide bonds. The molecule has 5 heteroatoms. The number of hydrogen-bond acceptors (Lipinski definition) is 3. The van der Waals surface area contributed by atoms with Crippen LogP contribution in [0.3, 0.4) is 0 Å². The number of benzene rings is 1. The van der Waals surface area contributed by atoms with E-state index in [4.69, 9.17) is 10.5 Å². The highest BCUT2D eigenvalue weighted by Crippen LogP contribution is 2.05. The number of alkyl carbamates (subject to hydrolysis) is 1. The van der Waals surface area contributed by atoms with Crippen molar-refractivity contribution in [3.8, 4) is 0 Å². The molecule has 104 valence electrons. The van der Waals surface area contributed by atoms with Gasteiger partial charge in [0.15, 0.2) is 0 Å². The third kappa shape index (κ3) is 5.90. The van der Waals surface area contributed by atoms with E-state index in [9.17, 15) is 9.59 Å². The first kappa shape index (κ1) is 15.0. The molecule has 3 N–H and O–H groups in total. The molecule has 5 nitrogen and oxygen atoms in total. The van der Waals surface area contributed by atoms with Crippen LogP contribution in [0, 0.1) is 5.92 Å². The summed E-state index contributed by atoms with van der Waals surface area (Å²) in [6.07, 6.45) is -0.135. The second-order valence-corrected chi connectivity index (χ2v) is 4.79. The van der Waals surface area contributed by atoms with Gasteiger partial charge < -0.3 is 15.8 Å². The maximum absolute atomic E-state index is 11.6. The van der Waals surface area contributed by atoms with Crippen molar-refractivity contribution in [3.05, 3.63) is 35.9 Å². The van der Waals surface area contributed by atoms with Crippen LogP contribution in [0.1, 0.15) is 25.8 Å². The summed E-state index contributed by atoms with van der Waals surface area (Å²) in [6, 6.07) is 8.63. The highest BCUT2D eigenvalue weighted by Gasteiger charge is 2.19. The molecule has 0 heterocycles. The van der Waals surface area contributed by atoms with Gasteiger partial charge in [0.1, 0.15) is 12.6 Å². The fourth-order valence-electron chi connectivity index (χ4n) is 1.62. The molecule has 1 aromatic rings. The number of hydrogen-bond donors (Lipinski definition) is 2. The van der Waals surface area contributed by atoms with E-state index in [2.05, 4.69) is 5.32 Å². The van der Waals surface area contributed by atoms with E-state index in [1.165, 1.54) is 0 Å². The summed E-state index contributed by atoms with van der Waals surface area (Å²) in [5.41, 5.74) is 6.12.